The fourth-order valence-corrected chi connectivity index (χ4v) is 2.38. The minimum atomic E-state index is -0.0585. The van der Waals surface area contributed by atoms with Gasteiger partial charge in [-0.15, -0.1) is 0 Å². The van der Waals surface area contributed by atoms with Crippen LogP contribution < -0.4 is 0 Å². The SMILES string of the molecule is CN(Cc1ncn[nH]1)C(=O)c1cc(I)ccc1Br. The molecule has 1 N–H and O–H groups in total. The van der Waals surface area contributed by atoms with Crippen LogP contribution in [0.25, 0.3) is 0 Å². The summed E-state index contributed by atoms with van der Waals surface area (Å²) in [6.07, 6.45) is 1.43. The molecule has 7 heteroatoms. The Morgan fingerprint density at radius 3 is 3.00 bits per heavy atom. The van der Waals surface area contributed by atoms with E-state index in [0.29, 0.717) is 17.9 Å². The Morgan fingerprint density at radius 1 is 1.56 bits per heavy atom. The van der Waals surface area contributed by atoms with Crippen LogP contribution in [0.5, 0.6) is 0 Å². The number of H-pyrrole nitrogens is 1. The summed E-state index contributed by atoms with van der Waals surface area (Å²) in [6, 6.07) is 5.67. The van der Waals surface area contributed by atoms with Crippen molar-refractivity contribution in [2.45, 2.75) is 6.54 Å². The van der Waals surface area contributed by atoms with E-state index in [-0.39, 0.29) is 5.91 Å². The van der Waals surface area contributed by atoms with Crippen molar-refractivity contribution in [2.75, 3.05) is 7.05 Å². The Bertz CT molecular complexity index is 558. The summed E-state index contributed by atoms with van der Waals surface area (Å²) in [5, 5.41) is 6.49. The molecule has 18 heavy (non-hydrogen) atoms. The summed E-state index contributed by atoms with van der Waals surface area (Å²) < 4.78 is 1.81. The Hall–Kier alpha value is -0.960. The highest BCUT2D eigenvalue weighted by atomic mass is 127. The van der Waals surface area contributed by atoms with Crippen molar-refractivity contribution in [3.05, 3.63) is 44.0 Å². The fourth-order valence-electron chi connectivity index (χ4n) is 1.47. The number of aromatic nitrogens is 3. The van der Waals surface area contributed by atoms with E-state index in [2.05, 4.69) is 53.7 Å². The quantitative estimate of drug-likeness (QED) is 0.776. The molecule has 1 aromatic heterocycles. The monoisotopic (exact) mass is 420 g/mol. The van der Waals surface area contributed by atoms with Gasteiger partial charge in [-0.3, -0.25) is 9.89 Å². The maximum atomic E-state index is 12.3. The van der Waals surface area contributed by atoms with Crippen molar-refractivity contribution in [2.24, 2.45) is 0 Å². The first-order chi connectivity index (χ1) is 8.58. The van der Waals surface area contributed by atoms with Crippen LogP contribution in [-0.4, -0.2) is 33.0 Å². The molecule has 0 aliphatic carbocycles. The first kappa shape index (κ1) is 13.5. The number of halogens is 2. The lowest BCUT2D eigenvalue weighted by Crippen LogP contribution is -2.27. The van der Waals surface area contributed by atoms with E-state index in [9.17, 15) is 4.79 Å². The number of carbonyl (C=O) groups is 1. The summed E-state index contributed by atoms with van der Waals surface area (Å²) >= 11 is 5.57. The van der Waals surface area contributed by atoms with Crippen molar-refractivity contribution in [3.8, 4) is 0 Å². The van der Waals surface area contributed by atoms with Crippen LogP contribution >= 0.6 is 38.5 Å². The van der Waals surface area contributed by atoms with E-state index in [1.165, 1.54) is 6.33 Å². The zero-order chi connectivity index (χ0) is 13.1. The van der Waals surface area contributed by atoms with Gasteiger partial charge in [-0.05, 0) is 56.7 Å². The van der Waals surface area contributed by atoms with E-state index in [1.54, 1.807) is 11.9 Å². The van der Waals surface area contributed by atoms with Crippen molar-refractivity contribution >= 4 is 44.4 Å². The van der Waals surface area contributed by atoms with Crippen LogP contribution in [0.4, 0.5) is 0 Å². The van der Waals surface area contributed by atoms with Crippen molar-refractivity contribution < 1.29 is 4.79 Å². The van der Waals surface area contributed by atoms with Crippen molar-refractivity contribution in [3.63, 3.8) is 0 Å². The van der Waals surface area contributed by atoms with Gasteiger partial charge in [0.05, 0.1) is 12.1 Å². The summed E-state index contributed by atoms with van der Waals surface area (Å²) in [5.41, 5.74) is 0.643. The van der Waals surface area contributed by atoms with Gasteiger partial charge in [-0.25, -0.2) is 4.98 Å². The molecule has 94 valence electrons. The molecular formula is C11H10BrIN4O. The van der Waals surface area contributed by atoms with E-state index < -0.39 is 0 Å². The predicted octanol–water partition coefficient (Wildman–Crippen LogP) is 2.44. The third kappa shape index (κ3) is 3.08. The summed E-state index contributed by atoms with van der Waals surface area (Å²) in [5.74, 6) is 0.601. The summed E-state index contributed by atoms with van der Waals surface area (Å²) in [6.45, 7) is 0.400. The Labute approximate surface area is 126 Å². The number of benzene rings is 1. The van der Waals surface area contributed by atoms with Gasteiger partial charge < -0.3 is 4.90 Å². The molecule has 5 nitrogen and oxygen atoms in total. The molecule has 0 fully saturated rings. The van der Waals surface area contributed by atoms with Gasteiger partial charge >= 0.3 is 0 Å². The molecule has 0 saturated heterocycles. The van der Waals surface area contributed by atoms with Crippen LogP contribution in [0, 0.1) is 3.57 Å². The fraction of sp³-hybridized carbons (Fsp3) is 0.182. The molecule has 0 aliphatic heterocycles. The number of hydrogen-bond acceptors (Lipinski definition) is 3. The molecule has 0 saturated carbocycles. The molecule has 2 aromatic rings. The molecule has 0 radical (unpaired) electrons. The maximum Gasteiger partial charge on any atom is 0.255 e. The van der Waals surface area contributed by atoms with Crippen molar-refractivity contribution in [1.82, 2.24) is 20.1 Å². The lowest BCUT2D eigenvalue weighted by atomic mass is 10.2. The van der Waals surface area contributed by atoms with Crippen LogP contribution in [-0.2, 0) is 6.54 Å². The van der Waals surface area contributed by atoms with Gasteiger partial charge in [0, 0.05) is 15.1 Å². The minimum absolute atomic E-state index is 0.0585. The molecule has 1 amide bonds. The van der Waals surface area contributed by atoms with E-state index >= 15 is 0 Å². The largest absolute Gasteiger partial charge is 0.334 e. The number of aromatic amines is 1. The molecule has 0 atom stereocenters. The number of carbonyl (C=O) groups excluding carboxylic acids is 1. The average Bonchev–Trinajstić information content (AvgIpc) is 2.84. The van der Waals surface area contributed by atoms with Gasteiger partial charge in [0.2, 0.25) is 0 Å². The number of nitrogens with one attached hydrogen (secondary N) is 1. The maximum absolute atomic E-state index is 12.3. The highest BCUT2D eigenvalue weighted by molar-refractivity contribution is 14.1. The Morgan fingerprint density at radius 2 is 2.33 bits per heavy atom. The highest BCUT2D eigenvalue weighted by Crippen LogP contribution is 2.21. The number of hydrogen-bond donors (Lipinski definition) is 1. The zero-order valence-electron chi connectivity index (χ0n) is 9.52. The second-order valence-corrected chi connectivity index (χ2v) is 5.82. The predicted molar refractivity (Wildman–Crippen MR) is 79.0 cm³/mol. The third-order valence-corrected chi connectivity index (χ3v) is 3.72. The molecule has 1 heterocycles. The Balaban J connectivity index is 2.17. The van der Waals surface area contributed by atoms with Gasteiger partial charge in [0.25, 0.3) is 5.91 Å². The van der Waals surface area contributed by atoms with Crippen LogP contribution in [0.15, 0.2) is 29.0 Å². The van der Waals surface area contributed by atoms with Gasteiger partial charge in [0.15, 0.2) is 0 Å². The molecule has 1 aromatic carbocycles. The van der Waals surface area contributed by atoms with E-state index in [0.717, 1.165) is 8.04 Å². The zero-order valence-corrected chi connectivity index (χ0v) is 13.3. The molecule has 0 spiro atoms. The standard InChI is InChI=1S/C11H10BrIN4O/c1-17(5-10-14-6-15-16-10)11(18)8-4-7(13)2-3-9(8)12/h2-4,6H,5H2,1H3,(H,14,15,16). The summed E-state index contributed by atoms with van der Waals surface area (Å²) in [4.78, 5) is 17.9. The average molecular weight is 421 g/mol. The van der Waals surface area contributed by atoms with Crippen LogP contribution in [0.3, 0.4) is 0 Å². The second kappa shape index (κ2) is 5.79. The van der Waals surface area contributed by atoms with E-state index in [1.807, 2.05) is 18.2 Å². The van der Waals surface area contributed by atoms with Crippen LogP contribution in [0.1, 0.15) is 16.2 Å². The number of rotatable bonds is 3. The smallest absolute Gasteiger partial charge is 0.255 e. The molecule has 0 unspecified atom stereocenters. The van der Waals surface area contributed by atoms with Crippen molar-refractivity contribution in [1.29, 1.82) is 0 Å². The second-order valence-electron chi connectivity index (χ2n) is 3.72. The topological polar surface area (TPSA) is 61.9 Å². The highest BCUT2D eigenvalue weighted by Gasteiger charge is 2.16. The first-order valence-electron chi connectivity index (χ1n) is 5.12. The van der Waals surface area contributed by atoms with E-state index in [4.69, 9.17) is 0 Å². The summed E-state index contributed by atoms with van der Waals surface area (Å²) in [7, 11) is 1.73. The minimum Gasteiger partial charge on any atom is -0.334 e. The Kier molecular flexibility index (Phi) is 4.33. The molecule has 0 aliphatic rings. The normalized spacial score (nSPS) is 10.4. The van der Waals surface area contributed by atoms with Crippen LogP contribution in [0.2, 0.25) is 0 Å². The number of nitrogens with zero attached hydrogens (tertiary/aromatic N) is 3. The third-order valence-electron chi connectivity index (χ3n) is 2.36. The van der Waals surface area contributed by atoms with Gasteiger partial charge in [-0.2, -0.15) is 5.10 Å². The molecule has 0 bridgehead atoms. The lowest BCUT2D eigenvalue weighted by Gasteiger charge is -2.16. The number of amides is 1. The molecular weight excluding hydrogens is 411 g/mol. The lowest BCUT2D eigenvalue weighted by molar-refractivity contribution is 0.0780. The first-order valence-corrected chi connectivity index (χ1v) is 7.00. The van der Waals surface area contributed by atoms with Gasteiger partial charge in [0.1, 0.15) is 12.2 Å². The molecule has 2 rings (SSSR count). The van der Waals surface area contributed by atoms with Gasteiger partial charge in [-0.1, -0.05) is 0 Å².